The van der Waals surface area contributed by atoms with Crippen molar-refractivity contribution >= 4 is 69.5 Å². The largest absolute Gasteiger partial charge is 0.505 e. The summed E-state index contributed by atoms with van der Waals surface area (Å²) in [7, 11) is 0. The van der Waals surface area contributed by atoms with E-state index in [-0.39, 0.29) is 15.8 Å². The molecule has 3 rings (SSSR count). The number of benzene rings is 2. The van der Waals surface area contributed by atoms with Crippen molar-refractivity contribution in [3.8, 4) is 5.75 Å². The molecule has 0 saturated carbocycles. The normalized spacial score (nSPS) is 12.6. The molecular weight excluding hydrogens is 348 g/mol. The minimum Gasteiger partial charge on any atom is -0.505 e. The van der Waals surface area contributed by atoms with E-state index in [4.69, 9.17) is 46.4 Å². The standard InChI is InChI=1S/C12H5Cl4NOS/c13-4-1-5(14)10-7(2-4)19-8-3-6(15)12(18)9(16)11(8)17-10/h1-3,17-18H. The van der Waals surface area contributed by atoms with Crippen LogP contribution in [-0.4, -0.2) is 5.11 Å². The molecule has 2 N–H and O–H groups in total. The van der Waals surface area contributed by atoms with Gasteiger partial charge >= 0.3 is 0 Å². The topological polar surface area (TPSA) is 32.3 Å². The predicted octanol–water partition coefficient (Wildman–Crippen LogP) is 6.21. The first-order chi connectivity index (χ1) is 8.97. The van der Waals surface area contributed by atoms with Crippen molar-refractivity contribution < 1.29 is 5.11 Å². The zero-order valence-corrected chi connectivity index (χ0v) is 12.9. The van der Waals surface area contributed by atoms with Gasteiger partial charge in [-0.15, -0.1) is 0 Å². The van der Waals surface area contributed by atoms with Crippen LogP contribution in [0.25, 0.3) is 0 Å². The third-order valence-corrected chi connectivity index (χ3v) is 4.90. The number of halogens is 4. The van der Waals surface area contributed by atoms with Crippen LogP contribution in [-0.2, 0) is 0 Å². The lowest BCUT2D eigenvalue weighted by Crippen LogP contribution is -2.01. The van der Waals surface area contributed by atoms with Gasteiger partial charge in [-0.25, -0.2) is 0 Å². The van der Waals surface area contributed by atoms with E-state index in [9.17, 15) is 5.11 Å². The van der Waals surface area contributed by atoms with Gasteiger partial charge in [-0.05, 0) is 18.2 Å². The fourth-order valence-electron chi connectivity index (χ4n) is 1.78. The zero-order valence-electron chi connectivity index (χ0n) is 9.10. The van der Waals surface area contributed by atoms with Gasteiger partial charge in [-0.3, -0.25) is 0 Å². The summed E-state index contributed by atoms with van der Waals surface area (Å²) in [4.78, 5) is 1.68. The van der Waals surface area contributed by atoms with Gasteiger partial charge in [-0.2, -0.15) is 0 Å². The molecule has 1 aliphatic heterocycles. The Morgan fingerprint density at radius 1 is 0.895 bits per heavy atom. The van der Waals surface area contributed by atoms with E-state index in [1.54, 1.807) is 18.2 Å². The van der Waals surface area contributed by atoms with E-state index in [1.807, 2.05) is 0 Å². The molecule has 0 unspecified atom stereocenters. The van der Waals surface area contributed by atoms with E-state index in [0.29, 0.717) is 21.4 Å². The second-order valence-corrected chi connectivity index (χ2v) is 6.59. The molecule has 0 atom stereocenters. The minimum absolute atomic E-state index is 0.149. The van der Waals surface area contributed by atoms with E-state index < -0.39 is 0 Å². The number of hydrogen-bond donors (Lipinski definition) is 2. The average molecular weight is 353 g/mol. The summed E-state index contributed by atoms with van der Waals surface area (Å²) in [6.45, 7) is 0. The fraction of sp³-hybridized carbons (Fsp3) is 0. The number of aromatic hydroxyl groups is 1. The van der Waals surface area contributed by atoms with Crippen LogP contribution in [0, 0.1) is 0 Å². The molecule has 0 amide bonds. The number of nitrogens with one attached hydrogen (secondary N) is 1. The molecule has 2 nitrogen and oxygen atoms in total. The summed E-state index contributed by atoms with van der Waals surface area (Å²) >= 11 is 25.6. The van der Waals surface area contributed by atoms with Gasteiger partial charge in [-0.1, -0.05) is 58.2 Å². The highest BCUT2D eigenvalue weighted by Crippen LogP contribution is 2.53. The number of hydrogen-bond acceptors (Lipinski definition) is 3. The quantitative estimate of drug-likeness (QED) is 0.504. The lowest BCUT2D eigenvalue weighted by molar-refractivity contribution is 0.475. The van der Waals surface area contributed by atoms with Crippen molar-refractivity contribution in [1.82, 2.24) is 0 Å². The van der Waals surface area contributed by atoms with Gasteiger partial charge in [0.1, 0.15) is 5.02 Å². The molecule has 0 saturated heterocycles. The summed E-state index contributed by atoms with van der Waals surface area (Å²) < 4.78 is 0. The second kappa shape index (κ2) is 4.83. The molecule has 0 spiro atoms. The summed E-state index contributed by atoms with van der Waals surface area (Å²) in [5.41, 5.74) is 1.30. The van der Waals surface area contributed by atoms with Crippen LogP contribution in [0.5, 0.6) is 5.75 Å². The minimum atomic E-state index is -0.149. The average Bonchev–Trinajstić information content (AvgIpc) is 2.34. The van der Waals surface area contributed by atoms with Gasteiger partial charge in [0, 0.05) is 14.8 Å². The Bertz CT molecular complexity index is 705. The van der Waals surface area contributed by atoms with Gasteiger partial charge in [0.15, 0.2) is 5.75 Å². The molecule has 0 aromatic heterocycles. The van der Waals surface area contributed by atoms with Crippen molar-refractivity contribution in [2.45, 2.75) is 9.79 Å². The second-order valence-electron chi connectivity index (χ2n) is 3.88. The molecule has 1 aliphatic rings. The Morgan fingerprint density at radius 2 is 1.58 bits per heavy atom. The van der Waals surface area contributed by atoms with E-state index >= 15 is 0 Å². The highest BCUT2D eigenvalue weighted by atomic mass is 35.5. The van der Waals surface area contributed by atoms with Crippen molar-refractivity contribution in [2.75, 3.05) is 5.32 Å². The maximum absolute atomic E-state index is 9.76. The Morgan fingerprint density at radius 3 is 2.32 bits per heavy atom. The van der Waals surface area contributed by atoms with Crippen molar-refractivity contribution in [1.29, 1.82) is 0 Å². The maximum Gasteiger partial charge on any atom is 0.154 e. The fourth-order valence-corrected chi connectivity index (χ4v) is 4.18. The smallest absolute Gasteiger partial charge is 0.154 e. The molecule has 0 bridgehead atoms. The van der Waals surface area contributed by atoms with Crippen LogP contribution >= 0.6 is 58.2 Å². The first-order valence-electron chi connectivity index (χ1n) is 5.12. The van der Waals surface area contributed by atoms with Crippen LogP contribution in [0.4, 0.5) is 11.4 Å². The van der Waals surface area contributed by atoms with E-state index in [2.05, 4.69) is 5.32 Å². The Kier molecular flexibility index (Phi) is 3.44. The summed E-state index contributed by atoms with van der Waals surface area (Å²) in [6.07, 6.45) is 0. The number of rotatable bonds is 0. The Hall–Kier alpha value is -0.450. The molecule has 0 aliphatic carbocycles. The molecule has 98 valence electrons. The van der Waals surface area contributed by atoms with Crippen molar-refractivity contribution in [3.05, 3.63) is 38.3 Å². The first kappa shape index (κ1) is 13.5. The highest BCUT2D eigenvalue weighted by molar-refractivity contribution is 7.99. The summed E-state index contributed by atoms with van der Waals surface area (Å²) in [5, 5.41) is 14.3. The molecule has 19 heavy (non-hydrogen) atoms. The van der Waals surface area contributed by atoms with Crippen molar-refractivity contribution in [3.63, 3.8) is 0 Å². The van der Waals surface area contributed by atoms with Crippen LogP contribution in [0.3, 0.4) is 0 Å². The van der Waals surface area contributed by atoms with Crippen LogP contribution in [0.15, 0.2) is 28.0 Å². The number of fused-ring (bicyclic) bond motifs is 2. The third-order valence-electron chi connectivity index (χ3n) is 2.65. The zero-order chi connectivity index (χ0) is 13.7. The highest BCUT2D eigenvalue weighted by Gasteiger charge is 2.24. The van der Waals surface area contributed by atoms with Crippen molar-refractivity contribution in [2.24, 2.45) is 0 Å². The molecule has 2 aromatic rings. The van der Waals surface area contributed by atoms with E-state index in [1.165, 1.54) is 11.8 Å². The van der Waals surface area contributed by atoms with Gasteiger partial charge in [0.25, 0.3) is 0 Å². The third kappa shape index (κ3) is 2.24. The molecule has 2 aromatic carbocycles. The van der Waals surface area contributed by atoms with E-state index in [0.717, 1.165) is 9.79 Å². The predicted molar refractivity (Wildman–Crippen MR) is 82.0 cm³/mol. The lowest BCUT2D eigenvalue weighted by atomic mass is 10.2. The SMILES string of the molecule is Oc1c(Cl)cc2c(c1Cl)Nc1c(Cl)cc(Cl)cc1S2. The molecule has 0 fully saturated rings. The lowest BCUT2D eigenvalue weighted by Gasteiger charge is -2.23. The monoisotopic (exact) mass is 351 g/mol. The van der Waals surface area contributed by atoms with Crippen LogP contribution in [0.1, 0.15) is 0 Å². The molecular formula is C12H5Cl4NOS. The summed E-state index contributed by atoms with van der Waals surface area (Å²) in [5.74, 6) is -0.149. The number of phenolic OH excluding ortho intramolecular Hbond substituents is 1. The van der Waals surface area contributed by atoms with Gasteiger partial charge < -0.3 is 10.4 Å². The summed E-state index contributed by atoms with van der Waals surface area (Å²) in [6, 6.07) is 5.09. The van der Waals surface area contributed by atoms with Gasteiger partial charge in [0.05, 0.1) is 21.4 Å². The van der Waals surface area contributed by atoms with Crippen LogP contribution in [0.2, 0.25) is 20.1 Å². The molecule has 7 heteroatoms. The number of anilines is 2. The Labute approximate surface area is 133 Å². The van der Waals surface area contributed by atoms with Crippen LogP contribution < -0.4 is 5.32 Å². The first-order valence-corrected chi connectivity index (χ1v) is 7.45. The molecule has 0 radical (unpaired) electrons. The number of phenols is 1. The molecule has 1 heterocycles. The Balaban J connectivity index is 2.20. The van der Waals surface area contributed by atoms with Gasteiger partial charge in [0.2, 0.25) is 0 Å². The maximum atomic E-state index is 9.76.